The molecule has 6 heteroatoms. The summed E-state index contributed by atoms with van der Waals surface area (Å²) in [7, 11) is 0. The van der Waals surface area contributed by atoms with Crippen LogP contribution in [-0.4, -0.2) is 35.2 Å². The number of hydrogen-bond donors (Lipinski definition) is 2. The zero-order chi connectivity index (χ0) is 23.1. The van der Waals surface area contributed by atoms with E-state index in [1.165, 1.54) is 18.2 Å². The van der Waals surface area contributed by atoms with E-state index in [1.807, 2.05) is 13.8 Å². The molecule has 0 radical (unpaired) electrons. The minimum absolute atomic E-state index is 0.126. The molecule has 0 spiro atoms. The number of aromatic hydroxyl groups is 1. The van der Waals surface area contributed by atoms with Crippen molar-refractivity contribution in [3.8, 4) is 17.2 Å². The van der Waals surface area contributed by atoms with Gasteiger partial charge in [0.05, 0.1) is 24.7 Å². The number of carboxylic acids is 1. The Labute approximate surface area is 183 Å². The van der Waals surface area contributed by atoms with Gasteiger partial charge in [-0.1, -0.05) is 27.7 Å². The van der Waals surface area contributed by atoms with Gasteiger partial charge in [0.15, 0.2) is 5.78 Å². The molecule has 31 heavy (non-hydrogen) atoms. The van der Waals surface area contributed by atoms with E-state index in [2.05, 4.69) is 13.8 Å². The fourth-order valence-corrected chi connectivity index (χ4v) is 2.91. The predicted octanol–water partition coefficient (Wildman–Crippen LogP) is 5.27. The van der Waals surface area contributed by atoms with Crippen LogP contribution in [0.3, 0.4) is 0 Å². The number of hydrogen-bond acceptors (Lipinski definition) is 5. The predicted molar refractivity (Wildman–Crippen MR) is 119 cm³/mol. The summed E-state index contributed by atoms with van der Waals surface area (Å²) in [6, 6.07) is 9.32. The van der Waals surface area contributed by atoms with Crippen LogP contribution in [0.1, 0.15) is 68.4 Å². The van der Waals surface area contributed by atoms with E-state index in [0.717, 1.165) is 6.42 Å². The first-order valence-electron chi connectivity index (χ1n) is 10.6. The van der Waals surface area contributed by atoms with Crippen molar-refractivity contribution in [2.45, 2.75) is 47.0 Å². The fourth-order valence-electron chi connectivity index (χ4n) is 2.91. The Hall–Kier alpha value is -3.02. The number of ether oxygens (including phenoxy) is 2. The van der Waals surface area contributed by atoms with Crippen LogP contribution in [0.25, 0.3) is 0 Å². The Bertz CT molecular complexity index is 916. The molecule has 2 aromatic rings. The molecule has 0 heterocycles. The van der Waals surface area contributed by atoms with E-state index in [4.69, 9.17) is 9.47 Å². The van der Waals surface area contributed by atoms with Gasteiger partial charge in [-0.2, -0.15) is 0 Å². The van der Waals surface area contributed by atoms with E-state index < -0.39 is 17.7 Å². The Kier molecular flexibility index (Phi) is 8.48. The van der Waals surface area contributed by atoms with Crippen molar-refractivity contribution in [1.82, 2.24) is 0 Å². The normalized spacial score (nSPS) is 12.1. The van der Waals surface area contributed by atoms with Crippen LogP contribution in [0.2, 0.25) is 0 Å². The third-order valence-electron chi connectivity index (χ3n) is 4.86. The summed E-state index contributed by atoms with van der Waals surface area (Å²) < 4.78 is 11.4. The standard InChI is InChI=1S/C25H32O6/c1-15(2)10-11-30-19-7-8-20(22(26)13-19)24(27)18-6-9-23(31-14-16(3)4)21(12-18)17(5)25(28)29/h6-9,12-13,15-17,26H,10-11,14H2,1-5H3,(H,28,29). The van der Waals surface area contributed by atoms with Crippen LogP contribution in [0.5, 0.6) is 17.2 Å². The molecule has 6 nitrogen and oxygen atoms in total. The molecule has 0 bridgehead atoms. The first kappa shape index (κ1) is 24.3. The summed E-state index contributed by atoms with van der Waals surface area (Å²) in [6.45, 7) is 10.7. The zero-order valence-electron chi connectivity index (χ0n) is 18.8. The van der Waals surface area contributed by atoms with Crippen LogP contribution < -0.4 is 9.47 Å². The minimum Gasteiger partial charge on any atom is -0.507 e. The summed E-state index contributed by atoms with van der Waals surface area (Å²) in [5.41, 5.74) is 0.830. The molecule has 2 N–H and O–H groups in total. The van der Waals surface area contributed by atoms with Gasteiger partial charge in [-0.15, -0.1) is 0 Å². The monoisotopic (exact) mass is 428 g/mol. The first-order valence-corrected chi connectivity index (χ1v) is 10.6. The lowest BCUT2D eigenvalue weighted by Gasteiger charge is -2.17. The summed E-state index contributed by atoms with van der Waals surface area (Å²) in [5, 5.41) is 19.8. The summed E-state index contributed by atoms with van der Waals surface area (Å²) >= 11 is 0. The Morgan fingerprint density at radius 1 is 0.935 bits per heavy atom. The second kappa shape index (κ2) is 10.8. The van der Waals surface area contributed by atoms with E-state index in [-0.39, 0.29) is 22.8 Å². The zero-order valence-corrected chi connectivity index (χ0v) is 18.8. The maximum absolute atomic E-state index is 13.0. The maximum atomic E-state index is 13.0. The van der Waals surface area contributed by atoms with Crippen molar-refractivity contribution in [3.63, 3.8) is 0 Å². The number of aliphatic carboxylic acids is 1. The highest BCUT2D eigenvalue weighted by atomic mass is 16.5. The average Bonchev–Trinajstić information content (AvgIpc) is 2.70. The number of benzene rings is 2. The molecule has 2 aromatic carbocycles. The highest BCUT2D eigenvalue weighted by Crippen LogP contribution is 2.31. The van der Waals surface area contributed by atoms with Gasteiger partial charge in [0.2, 0.25) is 0 Å². The lowest BCUT2D eigenvalue weighted by molar-refractivity contribution is -0.138. The molecule has 0 saturated heterocycles. The largest absolute Gasteiger partial charge is 0.507 e. The topological polar surface area (TPSA) is 93.1 Å². The molecular formula is C25H32O6. The first-order chi connectivity index (χ1) is 14.6. The molecule has 1 atom stereocenters. The molecule has 0 aromatic heterocycles. The van der Waals surface area contributed by atoms with Crippen LogP contribution in [-0.2, 0) is 4.79 Å². The van der Waals surface area contributed by atoms with Gasteiger partial charge in [0.25, 0.3) is 0 Å². The van der Waals surface area contributed by atoms with Gasteiger partial charge in [0.1, 0.15) is 17.2 Å². The van der Waals surface area contributed by atoms with Gasteiger partial charge in [0, 0.05) is 17.2 Å². The quantitative estimate of drug-likeness (QED) is 0.474. The van der Waals surface area contributed by atoms with Crippen LogP contribution in [0.15, 0.2) is 36.4 Å². The van der Waals surface area contributed by atoms with E-state index >= 15 is 0 Å². The van der Waals surface area contributed by atoms with Crippen molar-refractivity contribution < 1.29 is 29.3 Å². The Morgan fingerprint density at radius 3 is 2.23 bits per heavy atom. The highest BCUT2D eigenvalue weighted by molar-refractivity contribution is 6.11. The van der Waals surface area contributed by atoms with E-state index in [9.17, 15) is 19.8 Å². The number of carbonyl (C=O) groups excluding carboxylic acids is 1. The molecule has 2 rings (SSSR count). The smallest absolute Gasteiger partial charge is 0.310 e. The fraction of sp³-hybridized carbons (Fsp3) is 0.440. The second-order valence-corrected chi connectivity index (χ2v) is 8.56. The number of phenols is 1. The maximum Gasteiger partial charge on any atom is 0.310 e. The van der Waals surface area contributed by atoms with Crippen molar-refractivity contribution in [1.29, 1.82) is 0 Å². The molecule has 0 fully saturated rings. The number of rotatable bonds is 11. The third-order valence-corrected chi connectivity index (χ3v) is 4.86. The van der Waals surface area contributed by atoms with E-state index in [0.29, 0.717) is 36.2 Å². The molecule has 0 aliphatic carbocycles. The third kappa shape index (κ3) is 6.74. The van der Waals surface area contributed by atoms with Crippen LogP contribution in [0.4, 0.5) is 0 Å². The number of phenolic OH excluding ortho intramolecular Hbond substituents is 1. The van der Waals surface area contributed by atoms with Crippen molar-refractivity contribution in [2.75, 3.05) is 13.2 Å². The summed E-state index contributed by atoms with van der Waals surface area (Å²) in [5.74, 6) is -0.729. The lowest BCUT2D eigenvalue weighted by atomic mass is 9.94. The molecule has 168 valence electrons. The Morgan fingerprint density at radius 2 is 1.65 bits per heavy atom. The van der Waals surface area contributed by atoms with Gasteiger partial charge in [-0.05, 0) is 55.5 Å². The number of carboxylic acid groups (broad SMARTS) is 1. The van der Waals surface area contributed by atoms with Crippen molar-refractivity contribution in [3.05, 3.63) is 53.1 Å². The van der Waals surface area contributed by atoms with Gasteiger partial charge in [-0.25, -0.2) is 0 Å². The highest BCUT2D eigenvalue weighted by Gasteiger charge is 2.22. The summed E-state index contributed by atoms with van der Waals surface area (Å²) in [4.78, 5) is 24.6. The van der Waals surface area contributed by atoms with Gasteiger partial charge < -0.3 is 19.7 Å². The molecule has 1 unspecified atom stereocenters. The molecular weight excluding hydrogens is 396 g/mol. The van der Waals surface area contributed by atoms with Crippen molar-refractivity contribution in [2.24, 2.45) is 11.8 Å². The Balaban J connectivity index is 2.29. The van der Waals surface area contributed by atoms with Gasteiger partial charge in [-0.3, -0.25) is 9.59 Å². The molecule has 0 aliphatic rings. The van der Waals surface area contributed by atoms with Crippen molar-refractivity contribution >= 4 is 11.8 Å². The van der Waals surface area contributed by atoms with Crippen LogP contribution in [0, 0.1) is 11.8 Å². The van der Waals surface area contributed by atoms with Crippen LogP contribution >= 0.6 is 0 Å². The summed E-state index contributed by atoms with van der Waals surface area (Å²) in [6.07, 6.45) is 0.886. The minimum atomic E-state index is -1.01. The second-order valence-electron chi connectivity index (χ2n) is 8.56. The lowest BCUT2D eigenvalue weighted by Crippen LogP contribution is -2.13. The SMILES string of the molecule is CC(C)CCOc1ccc(C(=O)c2ccc(OCC(C)C)c(C(C)C(=O)O)c2)c(O)c1. The van der Waals surface area contributed by atoms with E-state index in [1.54, 1.807) is 25.1 Å². The van der Waals surface area contributed by atoms with Gasteiger partial charge >= 0.3 is 5.97 Å². The number of ketones is 1. The average molecular weight is 429 g/mol. The molecule has 0 amide bonds. The molecule has 0 aliphatic heterocycles. The number of carbonyl (C=O) groups is 2. The molecule has 0 saturated carbocycles.